The molecule has 1 rings (SSSR count). The van der Waals surface area contributed by atoms with Crippen LogP contribution in [0.4, 0.5) is 5.69 Å². The van der Waals surface area contributed by atoms with Gasteiger partial charge >= 0.3 is 0 Å². The van der Waals surface area contributed by atoms with E-state index in [0.29, 0.717) is 22.7 Å². The normalized spacial score (nSPS) is 11.6. The Labute approximate surface area is 105 Å². The van der Waals surface area contributed by atoms with Crippen LogP contribution in [0, 0.1) is 11.3 Å². The van der Waals surface area contributed by atoms with Crippen LogP contribution in [0.3, 0.4) is 0 Å². The summed E-state index contributed by atoms with van der Waals surface area (Å²) in [6.07, 6.45) is 1.48. The van der Waals surface area contributed by atoms with Crippen LogP contribution in [0.2, 0.25) is 5.02 Å². The molecule has 0 fully saturated rings. The Morgan fingerprint density at radius 1 is 1.65 bits per heavy atom. The van der Waals surface area contributed by atoms with E-state index in [1.807, 2.05) is 13.0 Å². The number of anilines is 1. The van der Waals surface area contributed by atoms with Crippen molar-refractivity contribution in [3.63, 3.8) is 0 Å². The zero-order valence-electron chi connectivity index (χ0n) is 9.53. The number of carbonyl (C=O) groups is 1. The number of benzene rings is 1. The van der Waals surface area contributed by atoms with Gasteiger partial charge in [-0.25, -0.2) is 0 Å². The van der Waals surface area contributed by atoms with Gasteiger partial charge in [0.05, 0.1) is 16.6 Å². The zero-order valence-corrected chi connectivity index (χ0v) is 10.3. The van der Waals surface area contributed by atoms with E-state index in [2.05, 4.69) is 5.32 Å². The smallest absolute Gasteiger partial charge is 0.241 e. The molecule has 0 radical (unpaired) electrons. The molecule has 0 aliphatic rings. The molecule has 5 heteroatoms. The Morgan fingerprint density at radius 2 is 2.35 bits per heavy atom. The summed E-state index contributed by atoms with van der Waals surface area (Å²) >= 11 is 5.79. The van der Waals surface area contributed by atoms with E-state index in [0.717, 1.165) is 6.42 Å². The molecule has 1 atom stereocenters. The molecule has 0 saturated carbocycles. The maximum absolute atomic E-state index is 11.6. The maximum Gasteiger partial charge on any atom is 0.241 e. The molecule has 3 N–H and O–H groups in total. The Morgan fingerprint density at radius 3 is 2.94 bits per heavy atom. The van der Waals surface area contributed by atoms with Gasteiger partial charge in [0.1, 0.15) is 6.07 Å². The summed E-state index contributed by atoms with van der Waals surface area (Å²) < 4.78 is 0. The van der Waals surface area contributed by atoms with Crippen LogP contribution >= 0.6 is 11.6 Å². The molecular weight excluding hydrogens is 238 g/mol. The predicted octanol–water partition coefficient (Wildman–Crippen LogP) is 2.28. The molecule has 4 nitrogen and oxygen atoms in total. The van der Waals surface area contributed by atoms with Gasteiger partial charge in [-0.15, -0.1) is 0 Å². The molecule has 0 aromatic heterocycles. The van der Waals surface area contributed by atoms with E-state index in [1.165, 1.54) is 6.07 Å². The summed E-state index contributed by atoms with van der Waals surface area (Å²) in [5.41, 5.74) is 6.53. The molecule has 0 aliphatic heterocycles. The van der Waals surface area contributed by atoms with Gasteiger partial charge in [-0.05, 0) is 24.6 Å². The second-order valence-electron chi connectivity index (χ2n) is 3.69. The number of nitrogens with one attached hydrogen (secondary N) is 1. The fraction of sp³-hybridized carbons (Fsp3) is 0.333. The second-order valence-corrected chi connectivity index (χ2v) is 4.10. The molecule has 1 aromatic rings. The summed E-state index contributed by atoms with van der Waals surface area (Å²) in [6, 6.07) is 6.16. The molecule has 0 saturated heterocycles. The highest BCUT2D eigenvalue weighted by Crippen LogP contribution is 2.19. The third-order valence-electron chi connectivity index (χ3n) is 2.29. The lowest BCUT2D eigenvalue weighted by Crippen LogP contribution is -2.35. The first-order chi connectivity index (χ1) is 8.08. The summed E-state index contributed by atoms with van der Waals surface area (Å²) in [7, 11) is 0. The van der Waals surface area contributed by atoms with Crippen molar-refractivity contribution in [3.8, 4) is 6.07 Å². The first kappa shape index (κ1) is 13.5. The average Bonchev–Trinajstić information content (AvgIpc) is 2.31. The van der Waals surface area contributed by atoms with Crippen molar-refractivity contribution in [3.05, 3.63) is 28.8 Å². The Balaban J connectivity index is 2.76. The van der Waals surface area contributed by atoms with Gasteiger partial charge in [0, 0.05) is 5.69 Å². The SMILES string of the molecule is CCC[C@H](N)C(=O)Nc1ccc(Cl)c(C#N)c1. The molecule has 0 bridgehead atoms. The van der Waals surface area contributed by atoms with Crippen molar-refractivity contribution >= 4 is 23.2 Å². The highest BCUT2D eigenvalue weighted by atomic mass is 35.5. The van der Waals surface area contributed by atoms with Crippen molar-refractivity contribution in [2.24, 2.45) is 5.73 Å². The Kier molecular flexibility index (Phi) is 4.95. The minimum Gasteiger partial charge on any atom is -0.325 e. The number of hydrogen-bond acceptors (Lipinski definition) is 3. The van der Waals surface area contributed by atoms with E-state index in [9.17, 15) is 4.79 Å². The van der Waals surface area contributed by atoms with E-state index in [-0.39, 0.29) is 5.91 Å². The van der Waals surface area contributed by atoms with Crippen LogP contribution in [0.5, 0.6) is 0 Å². The molecule has 0 unspecified atom stereocenters. The first-order valence-electron chi connectivity index (χ1n) is 5.34. The highest BCUT2D eigenvalue weighted by molar-refractivity contribution is 6.31. The van der Waals surface area contributed by atoms with Crippen molar-refractivity contribution in [1.82, 2.24) is 0 Å². The first-order valence-corrected chi connectivity index (χ1v) is 5.72. The summed E-state index contributed by atoms with van der Waals surface area (Å²) in [5.74, 6) is -0.252. The molecular formula is C12H14ClN3O. The fourth-order valence-electron chi connectivity index (χ4n) is 1.37. The largest absolute Gasteiger partial charge is 0.325 e. The Bertz CT molecular complexity index is 454. The topological polar surface area (TPSA) is 78.9 Å². The number of carbonyl (C=O) groups excluding carboxylic acids is 1. The van der Waals surface area contributed by atoms with Gasteiger partial charge in [0.2, 0.25) is 5.91 Å². The standard InChI is InChI=1S/C12H14ClN3O/c1-2-3-11(15)12(17)16-9-4-5-10(13)8(6-9)7-14/h4-6,11H,2-3,15H2,1H3,(H,16,17)/t11-/m0/s1. The van der Waals surface area contributed by atoms with E-state index in [1.54, 1.807) is 12.1 Å². The number of nitrogens with two attached hydrogens (primary N) is 1. The van der Waals surface area contributed by atoms with Gasteiger partial charge in [-0.3, -0.25) is 4.79 Å². The van der Waals surface area contributed by atoms with Gasteiger partial charge in [-0.1, -0.05) is 24.9 Å². The van der Waals surface area contributed by atoms with Gasteiger partial charge in [0.15, 0.2) is 0 Å². The van der Waals surface area contributed by atoms with Crippen LogP contribution in [-0.4, -0.2) is 11.9 Å². The van der Waals surface area contributed by atoms with Crippen LogP contribution < -0.4 is 11.1 Å². The molecule has 1 amide bonds. The minimum atomic E-state index is -0.527. The van der Waals surface area contributed by atoms with E-state index >= 15 is 0 Å². The fourth-order valence-corrected chi connectivity index (χ4v) is 1.53. The summed E-state index contributed by atoms with van der Waals surface area (Å²) in [4.78, 5) is 11.6. The maximum atomic E-state index is 11.6. The second kappa shape index (κ2) is 6.24. The highest BCUT2D eigenvalue weighted by Gasteiger charge is 2.12. The summed E-state index contributed by atoms with van der Waals surface area (Å²) in [6.45, 7) is 1.96. The van der Waals surface area contributed by atoms with E-state index in [4.69, 9.17) is 22.6 Å². The molecule has 90 valence electrons. The van der Waals surface area contributed by atoms with Crippen molar-refractivity contribution in [2.75, 3.05) is 5.32 Å². The van der Waals surface area contributed by atoms with Crippen LogP contribution in [-0.2, 0) is 4.79 Å². The number of amides is 1. The zero-order chi connectivity index (χ0) is 12.8. The van der Waals surface area contributed by atoms with Gasteiger partial charge < -0.3 is 11.1 Å². The average molecular weight is 252 g/mol. The minimum absolute atomic E-state index is 0.252. The number of nitrogens with zero attached hydrogens (tertiary/aromatic N) is 1. The molecule has 0 aliphatic carbocycles. The molecule has 17 heavy (non-hydrogen) atoms. The predicted molar refractivity (Wildman–Crippen MR) is 67.7 cm³/mol. The molecule has 0 spiro atoms. The van der Waals surface area contributed by atoms with E-state index < -0.39 is 6.04 Å². The molecule has 0 heterocycles. The number of halogens is 1. The number of hydrogen-bond donors (Lipinski definition) is 2. The third-order valence-corrected chi connectivity index (χ3v) is 2.62. The van der Waals surface area contributed by atoms with Gasteiger partial charge in [0.25, 0.3) is 0 Å². The van der Waals surface area contributed by atoms with Crippen molar-refractivity contribution < 1.29 is 4.79 Å². The van der Waals surface area contributed by atoms with Crippen LogP contribution in [0.1, 0.15) is 25.3 Å². The lowest BCUT2D eigenvalue weighted by Gasteiger charge is -2.11. The molecule has 1 aromatic carbocycles. The third kappa shape index (κ3) is 3.74. The quantitative estimate of drug-likeness (QED) is 0.862. The monoisotopic (exact) mass is 251 g/mol. The Hall–Kier alpha value is -1.57. The van der Waals surface area contributed by atoms with Crippen molar-refractivity contribution in [2.45, 2.75) is 25.8 Å². The van der Waals surface area contributed by atoms with Crippen LogP contribution in [0.15, 0.2) is 18.2 Å². The number of rotatable bonds is 4. The van der Waals surface area contributed by atoms with Gasteiger partial charge in [-0.2, -0.15) is 5.26 Å². The summed E-state index contributed by atoms with van der Waals surface area (Å²) in [5, 5.41) is 11.8. The number of nitriles is 1. The van der Waals surface area contributed by atoms with Crippen LogP contribution in [0.25, 0.3) is 0 Å². The lowest BCUT2D eigenvalue weighted by atomic mass is 10.1. The lowest BCUT2D eigenvalue weighted by molar-refractivity contribution is -0.117. The van der Waals surface area contributed by atoms with Crippen molar-refractivity contribution in [1.29, 1.82) is 5.26 Å².